The molecule has 0 unspecified atom stereocenters. The van der Waals surface area contributed by atoms with Crippen molar-refractivity contribution in [1.82, 2.24) is 14.8 Å². The van der Waals surface area contributed by atoms with E-state index in [-0.39, 0.29) is 12.5 Å². The summed E-state index contributed by atoms with van der Waals surface area (Å²) in [5.41, 5.74) is 3.36. The van der Waals surface area contributed by atoms with Crippen molar-refractivity contribution in [1.29, 1.82) is 0 Å². The van der Waals surface area contributed by atoms with Crippen molar-refractivity contribution in [2.75, 3.05) is 5.32 Å². The lowest BCUT2D eigenvalue weighted by molar-refractivity contribution is -0.116. The summed E-state index contributed by atoms with van der Waals surface area (Å²) in [6, 6.07) is 26.9. The summed E-state index contributed by atoms with van der Waals surface area (Å²) >= 11 is 0. The van der Waals surface area contributed by atoms with Crippen molar-refractivity contribution < 1.29 is 9.21 Å². The highest BCUT2D eigenvalue weighted by atomic mass is 16.4. The minimum Gasteiger partial charge on any atom is -0.416 e. The highest BCUT2D eigenvalue weighted by molar-refractivity contribution is 5.96. The van der Waals surface area contributed by atoms with E-state index in [1.165, 1.54) is 0 Å². The van der Waals surface area contributed by atoms with E-state index in [2.05, 4.69) is 15.5 Å². The van der Waals surface area contributed by atoms with Gasteiger partial charge in [0, 0.05) is 28.4 Å². The number of para-hydroxylation sites is 2. The fraction of sp³-hybridized carbons (Fsp3) is 0.0417. The van der Waals surface area contributed by atoms with Crippen LogP contribution in [0, 0.1) is 0 Å². The Morgan fingerprint density at radius 3 is 2.30 bits per heavy atom. The topological polar surface area (TPSA) is 73.0 Å². The molecule has 146 valence electrons. The molecule has 5 aromatic rings. The molecule has 3 aromatic carbocycles. The molecule has 5 rings (SSSR count). The number of fused-ring (bicyclic) bond motifs is 1. The molecule has 1 N–H and O–H groups in total. The number of hydrogen-bond acceptors (Lipinski definition) is 4. The van der Waals surface area contributed by atoms with Gasteiger partial charge in [-0.25, -0.2) is 0 Å². The predicted molar refractivity (Wildman–Crippen MR) is 116 cm³/mol. The molecule has 0 atom stereocenters. The van der Waals surface area contributed by atoms with Gasteiger partial charge in [0.15, 0.2) is 0 Å². The standard InChI is InChI=1S/C24H18N4O2/c29-22(25-18-11-5-2-6-12-18)16-28-15-20(19-13-7-8-14-21(19)28)24-27-26-23(30-24)17-9-3-1-4-10-17/h1-15H,16H2,(H,25,29). The maximum Gasteiger partial charge on any atom is 0.250 e. The Morgan fingerprint density at radius 1 is 0.833 bits per heavy atom. The fourth-order valence-electron chi connectivity index (χ4n) is 3.45. The Labute approximate surface area is 172 Å². The zero-order valence-corrected chi connectivity index (χ0v) is 16.0. The number of amides is 1. The molecule has 6 heteroatoms. The zero-order valence-electron chi connectivity index (χ0n) is 16.0. The molecule has 0 aliphatic rings. The van der Waals surface area contributed by atoms with Crippen LogP contribution in [0.15, 0.2) is 95.5 Å². The molecule has 1 amide bonds. The zero-order chi connectivity index (χ0) is 20.3. The van der Waals surface area contributed by atoms with Crippen LogP contribution in [0.3, 0.4) is 0 Å². The number of rotatable bonds is 5. The maximum absolute atomic E-state index is 12.6. The third-order valence-corrected chi connectivity index (χ3v) is 4.84. The van der Waals surface area contributed by atoms with Gasteiger partial charge in [-0.05, 0) is 30.3 Å². The molecule has 0 aliphatic carbocycles. The quantitative estimate of drug-likeness (QED) is 0.455. The first-order chi connectivity index (χ1) is 14.8. The second-order valence-electron chi connectivity index (χ2n) is 6.88. The van der Waals surface area contributed by atoms with Gasteiger partial charge in [0.25, 0.3) is 0 Å². The van der Waals surface area contributed by atoms with Crippen LogP contribution in [0.25, 0.3) is 33.8 Å². The van der Waals surface area contributed by atoms with Crippen molar-refractivity contribution in [2.45, 2.75) is 6.54 Å². The van der Waals surface area contributed by atoms with Gasteiger partial charge in [0.2, 0.25) is 17.7 Å². The third kappa shape index (κ3) is 3.46. The number of nitrogens with zero attached hydrogens (tertiary/aromatic N) is 3. The van der Waals surface area contributed by atoms with Gasteiger partial charge in [0.05, 0.1) is 5.56 Å². The number of aromatic nitrogens is 3. The molecular formula is C24H18N4O2. The van der Waals surface area contributed by atoms with Crippen LogP contribution < -0.4 is 5.32 Å². The van der Waals surface area contributed by atoms with Gasteiger partial charge in [-0.3, -0.25) is 4.79 Å². The second kappa shape index (κ2) is 7.67. The molecule has 6 nitrogen and oxygen atoms in total. The van der Waals surface area contributed by atoms with E-state index < -0.39 is 0 Å². The Morgan fingerprint density at radius 2 is 1.50 bits per heavy atom. The molecular weight excluding hydrogens is 376 g/mol. The van der Waals surface area contributed by atoms with E-state index in [1.807, 2.05) is 95.7 Å². The van der Waals surface area contributed by atoms with Crippen LogP contribution in [-0.4, -0.2) is 20.7 Å². The number of nitrogens with one attached hydrogen (secondary N) is 1. The molecule has 0 saturated carbocycles. The number of anilines is 1. The SMILES string of the molecule is O=C(Cn1cc(-c2nnc(-c3ccccc3)o2)c2ccccc21)Nc1ccccc1. The van der Waals surface area contributed by atoms with Crippen molar-refractivity contribution in [2.24, 2.45) is 0 Å². The van der Waals surface area contributed by atoms with Gasteiger partial charge in [-0.15, -0.1) is 10.2 Å². The van der Waals surface area contributed by atoms with E-state index in [0.717, 1.165) is 27.7 Å². The first-order valence-corrected chi connectivity index (χ1v) is 9.60. The van der Waals surface area contributed by atoms with Crippen LogP contribution in [0.5, 0.6) is 0 Å². The summed E-state index contributed by atoms with van der Waals surface area (Å²) in [7, 11) is 0. The highest BCUT2D eigenvalue weighted by Gasteiger charge is 2.17. The monoisotopic (exact) mass is 394 g/mol. The molecule has 30 heavy (non-hydrogen) atoms. The number of hydrogen-bond donors (Lipinski definition) is 1. The fourth-order valence-corrected chi connectivity index (χ4v) is 3.45. The van der Waals surface area contributed by atoms with Crippen molar-refractivity contribution >= 4 is 22.5 Å². The van der Waals surface area contributed by atoms with Crippen LogP contribution in [0.4, 0.5) is 5.69 Å². The Hall–Kier alpha value is -4.19. The molecule has 0 fully saturated rings. The van der Waals surface area contributed by atoms with E-state index in [9.17, 15) is 4.79 Å². The molecule has 2 heterocycles. The van der Waals surface area contributed by atoms with Crippen LogP contribution >= 0.6 is 0 Å². The van der Waals surface area contributed by atoms with Crippen LogP contribution in [0.2, 0.25) is 0 Å². The van der Waals surface area contributed by atoms with Crippen molar-refractivity contribution in [3.05, 3.63) is 91.1 Å². The normalized spacial score (nSPS) is 10.9. The predicted octanol–water partition coefficient (Wildman–Crippen LogP) is 5.00. The Balaban J connectivity index is 1.47. The summed E-state index contributed by atoms with van der Waals surface area (Å²) in [5, 5.41) is 12.3. The van der Waals surface area contributed by atoms with Crippen LogP contribution in [-0.2, 0) is 11.3 Å². The molecule has 0 bridgehead atoms. The van der Waals surface area contributed by atoms with Crippen molar-refractivity contribution in [3.8, 4) is 22.9 Å². The average Bonchev–Trinajstić information content (AvgIpc) is 3.41. The lowest BCUT2D eigenvalue weighted by Crippen LogP contribution is -2.18. The van der Waals surface area contributed by atoms with Crippen LogP contribution in [0.1, 0.15) is 0 Å². The molecule has 0 aliphatic heterocycles. The first-order valence-electron chi connectivity index (χ1n) is 9.60. The molecule has 2 aromatic heterocycles. The summed E-state index contributed by atoms with van der Waals surface area (Å²) in [4.78, 5) is 12.6. The van der Waals surface area contributed by atoms with E-state index in [4.69, 9.17) is 4.42 Å². The Bertz CT molecular complexity index is 1310. The first kappa shape index (κ1) is 17.9. The van der Waals surface area contributed by atoms with Gasteiger partial charge in [0.1, 0.15) is 6.54 Å². The minimum absolute atomic E-state index is 0.107. The van der Waals surface area contributed by atoms with Gasteiger partial charge in [-0.2, -0.15) is 0 Å². The summed E-state index contributed by atoms with van der Waals surface area (Å²) < 4.78 is 7.84. The summed E-state index contributed by atoms with van der Waals surface area (Å²) in [6.07, 6.45) is 1.89. The minimum atomic E-state index is -0.107. The highest BCUT2D eigenvalue weighted by Crippen LogP contribution is 2.31. The maximum atomic E-state index is 12.6. The molecule has 0 spiro atoms. The molecule has 0 saturated heterocycles. The summed E-state index contributed by atoms with van der Waals surface area (Å²) in [5.74, 6) is 0.778. The van der Waals surface area contributed by atoms with Gasteiger partial charge >= 0.3 is 0 Å². The number of benzene rings is 3. The van der Waals surface area contributed by atoms with Gasteiger partial charge in [-0.1, -0.05) is 54.6 Å². The largest absolute Gasteiger partial charge is 0.416 e. The van der Waals surface area contributed by atoms with E-state index >= 15 is 0 Å². The second-order valence-corrected chi connectivity index (χ2v) is 6.88. The number of carbonyl (C=O) groups is 1. The number of carbonyl (C=O) groups excluding carboxylic acids is 1. The Kier molecular flexibility index (Phi) is 4.57. The van der Waals surface area contributed by atoms with Crippen molar-refractivity contribution in [3.63, 3.8) is 0 Å². The van der Waals surface area contributed by atoms with E-state index in [0.29, 0.717) is 11.8 Å². The lowest BCUT2D eigenvalue weighted by Gasteiger charge is -2.07. The van der Waals surface area contributed by atoms with E-state index in [1.54, 1.807) is 0 Å². The smallest absolute Gasteiger partial charge is 0.250 e. The average molecular weight is 394 g/mol. The lowest BCUT2D eigenvalue weighted by atomic mass is 10.2. The molecule has 0 radical (unpaired) electrons. The third-order valence-electron chi connectivity index (χ3n) is 4.84. The summed E-state index contributed by atoms with van der Waals surface area (Å²) in [6.45, 7) is 0.176. The van der Waals surface area contributed by atoms with Gasteiger partial charge < -0.3 is 14.3 Å².